The van der Waals surface area contributed by atoms with E-state index in [0.29, 0.717) is 16.4 Å². The Kier molecular flexibility index (Phi) is 5.37. The largest absolute Gasteiger partial charge is 0.295 e. The molecule has 9 nitrogen and oxygen atoms in total. The first-order valence-electron chi connectivity index (χ1n) is 8.03. The number of nitrogens with one attached hydrogen (secondary N) is 2. The Balaban J connectivity index is 1.82. The first-order valence-corrected chi connectivity index (χ1v) is 8.40. The van der Waals surface area contributed by atoms with Crippen LogP contribution in [0.3, 0.4) is 0 Å². The van der Waals surface area contributed by atoms with E-state index in [1.54, 1.807) is 31.2 Å². The summed E-state index contributed by atoms with van der Waals surface area (Å²) >= 11 is 5.85. The van der Waals surface area contributed by atoms with Gasteiger partial charge >= 0.3 is 0 Å². The summed E-state index contributed by atoms with van der Waals surface area (Å²) in [4.78, 5) is 35.1. The van der Waals surface area contributed by atoms with E-state index in [1.165, 1.54) is 35.2 Å². The van der Waals surface area contributed by atoms with Gasteiger partial charge in [0.05, 0.1) is 22.4 Å². The molecule has 1 amide bonds. The van der Waals surface area contributed by atoms with Gasteiger partial charge in [-0.3, -0.25) is 24.8 Å². The number of hydrazone groups is 1. The van der Waals surface area contributed by atoms with Crippen LogP contribution in [0.1, 0.15) is 21.6 Å². The molecular weight excluding hydrogens is 386 g/mol. The summed E-state index contributed by atoms with van der Waals surface area (Å²) in [6.07, 6.45) is 1.19. The second-order valence-corrected chi connectivity index (χ2v) is 6.18. The molecule has 10 heteroatoms. The Morgan fingerprint density at radius 1 is 1.25 bits per heavy atom. The molecule has 1 heterocycles. The van der Waals surface area contributed by atoms with E-state index >= 15 is 0 Å². The second kappa shape index (κ2) is 7.89. The molecule has 0 fully saturated rings. The molecule has 0 bridgehead atoms. The number of nitro benzene ring substituents is 1. The minimum atomic E-state index is -0.755. The number of rotatable bonds is 5. The van der Waals surface area contributed by atoms with Crippen LogP contribution in [0.15, 0.2) is 58.4 Å². The fraction of sp³-hybridized carbons (Fsp3) is 0.0556. The lowest BCUT2D eigenvalue weighted by atomic mass is 10.2. The van der Waals surface area contributed by atoms with Crippen LogP contribution in [-0.4, -0.2) is 26.8 Å². The van der Waals surface area contributed by atoms with Gasteiger partial charge < -0.3 is 0 Å². The summed E-state index contributed by atoms with van der Waals surface area (Å²) in [6.45, 7) is 1.68. The molecule has 0 spiro atoms. The Hall–Kier alpha value is -3.72. The van der Waals surface area contributed by atoms with Crippen molar-refractivity contribution in [3.05, 3.63) is 90.8 Å². The van der Waals surface area contributed by atoms with Crippen LogP contribution in [0.5, 0.6) is 0 Å². The van der Waals surface area contributed by atoms with Crippen LogP contribution >= 0.6 is 11.6 Å². The minimum Gasteiger partial charge on any atom is -0.295 e. The topological polar surface area (TPSA) is 122 Å². The zero-order valence-corrected chi connectivity index (χ0v) is 15.3. The van der Waals surface area contributed by atoms with Gasteiger partial charge in [0.1, 0.15) is 5.56 Å². The molecular formula is C18H14ClN5O4. The van der Waals surface area contributed by atoms with Crippen LogP contribution < -0.4 is 11.0 Å². The molecule has 1 aromatic heterocycles. The molecule has 3 rings (SSSR count). The van der Waals surface area contributed by atoms with Crippen molar-refractivity contribution in [3.8, 4) is 5.69 Å². The number of H-pyrrole nitrogens is 1. The SMILES string of the molecule is Cc1[nH]n(-c2ccc(Cl)cc2)c(=O)c1C=NNC(=O)c1ccccc1[N+](=O)[O-]. The Morgan fingerprint density at radius 3 is 2.61 bits per heavy atom. The van der Waals surface area contributed by atoms with Gasteiger partial charge in [0, 0.05) is 16.8 Å². The monoisotopic (exact) mass is 399 g/mol. The Bertz CT molecular complexity index is 1130. The number of carbonyl (C=O) groups is 1. The minimum absolute atomic E-state index is 0.131. The number of para-hydroxylation sites is 1. The lowest BCUT2D eigenvalue weighted by Gasteiger charge is -2.01. The molecule has 0 aliphatic heterocycles. The van der Waals surface area contributed by atoms with Crippen molar-refractivity contribution in [3.63, 3.8) is 0 Å². The van der Waals surface area contributed by atoms with Crippen molar-refractivity contribution >= 4 is 29.4 Å². The standard InChI is InChI=1S/C18H14ClN5O4/c1-11-15(18(26)23(22-11)13-8-6-12(19)7-9-13)10-20-21-17(25)14-4-2-3-5-16(14)24(27)28/h2-10,22H,1H3,(H,21,25). The van der Waals surface area contributed by atoms with Gasteiger partial charge in [-0.1, -0.05) is 23.7 Å². The average molecular weight is 400 g/mol. The van der Waals surface area contributed by atoms with E-state index < -0.39 is 10.8 Å². The highest BCUT2D eigenvalue weighted by Crippen LogP contribution is 2.17. The number of carbonyl (C=O) groups excluding carboxylic acids is 1. The van der Waals surface area contributed by atoms with E-state index in [2.05, 4.69) is 15.6 Å². The van der Waals surface area contributed by atoms with Gasteiger partial charge in [0.25, 0.3) is 17.2 Å². The maximum atomic E-state index is 12.6. The number of aromatic nitrogens is 2. The molecule has 142 valence electrons. The van der Waals surface area contributed by atoms with Crippen LogP contribution in [0, 0.1) is 17.0 Å². The first-order chi connectivity index (χ1) is 13.4. The summed E-state index contributed by atoms with van der Waals surface area (Å²) in [5, 5.41) is 18.2. The highest BCUT2D eigenvalue weighted by Gasteiger charge is 2.18. The van der Waals surface area contributed by atoms with Gasteiger partial charge in [-0.2, -0.15) is 5.10 Å². The van der Waals surface area contributed by atoms with Crippen LogP contribution in [-0.2, 0) is 0 Å². The summed E-state index contributed by atoms with van der Waals surface area (Å²) in [5.41, 5.74) is 2.71. The number of halogens is 1. The van der Waals surface area contributed by atoms with Crippen LogP contribution in [0.25, 0.3) is 5.69 Å². The number of amides is 1. The zero-order valence-electron chi connectivity index (χ0n) is 14.5. The Labute approximate surface area is 163 Å². The highest BCUT2D eigenvalue weighted by atomic mass is 35.5. The molecule has 28 heavy (non-hydrogen) atoms. The van der Waals surface area contributed by atoms with Gasteiger partial charge in [0.15, 0.2) is 0 Å². The van der Waals surface area contributed by atoms with Gasteiger partial charge in [-0.15, -0.1) is 0 Å². The number of hydrogen-bond acceptors (Lipinski definition) is 5. The van der Waals surface area contributed by atoms with Crippen molar-refractivity contribution in [2.75, 3.05) is 0 Å². The third-order valence-electron chi connectivity index (χ3n) is 3.91. The molecule has 2 aromatic carbocycles. The fourth-order valence-electron chi connectivity index (χ4n) is 2.52. The summed E-state index contributed by atoms with van der Waals surface area (Å²) in [6, 6.07) is 12.2. The number of aromatic amines is 1. The third kappa shape index (κ3) is 3.84. The summed E-state index contributed by atoms with van der Waals surface area (Å²) in [5.74, 6) is -0.755. The normalized spacial score (nSPS) is 10.9. The molecule has 0 saturated carbocycles. The quantitative estimate of drug-likeness (QED) is 0.389. The number of benzene rings is 2. The number of hydrogen-bond donors (Lipinski definition) is 2. The molecule has 3 aromatic rings. The van der Waals surface area contributed by atoms with Crippen molar-refractivity contribution in [1.29, 1.82) is 0 Å². The zero-order chi connectivity index (χ0) is 20.3. The van der Waals surface area contributed by atoms with Crippen molar-refractivity contribution in [2.45, 2.75) is 6.92 Å². The smallest absolute Gasteiger partial charge is 0.282 e. The molecule has 0 atom stereocenters. The molecule has 0 radical (unpaired) electrons. The van der Waals surface area contributed by atoms with Gasteiger partial charge in [-0.05, 0) is 37.3 Å². The Morgan fingerprint density at radius 2 is 1.93 bits per heavy atom. The molecule has 0 aliphatic rings. The van der Waals surface area contributed by atoms with Crippen molar-refractivity contribution in [1.82, 2.24) is 15.2 Å². The third-order valence-corrected chi connectivity index (χ3v) is 4.16. The molecule has 0 aliphatic carbocycles. The van der Waals surface area contributed by atoms with Crippen LogP contribution in [0.4, 0.5) is 5.69 Å². The van der Waals surface area contributed by atoms with Crippen molar-refractivity contribution in [2.24, 2.45) is 5.10 Å². The summed E-state index contributed by atoms with van der Waals surface area (Å²) < 4.78 is 1.32. The maximum Gasteiger partial charge on any atom is 0.282 e. The number of nitrogens with zero attached hydrogens (tertiary/aromatic N) is 3. The number of aryl methyl sites for hydroxylation is 1. The van der Waals surface area contributed by atoms with E-state index in [9.17, 15) is 19.7 Å². The van der Waals surface area contributed by atoms with Crippen LogP contribution in [0.2, 0.25) is 5.02 Å². The van der Waals surface area contributed by atoms with E-state index in [1.807, 2.05) is 0 Å². The van der Waals surface area contributed by atoms with E-state index in [0.717, 1.165) is 0 Å². The lowest BCUT2D eigenvalue weighted by molar-refractivity contribution is -0.385. The highest BCUT2D eigenvalue weighted by molar-refractivity contribution is 6.30. The average Bonchev–Trinajstić information content (AvgIpc) is 2.96. The fourth-order valence-corrected chi connectivity index (χ4v) is 2.65. The van der Waals surface area contributed by atoms with Gasteiger partial charge in [0.2, 0.25) is 0 Å². The van der Waals surface area contributed by atoms with Crippen molar-refractivity contribution < 1.29 is 9.72 Å². The predicted octanol–water partition coefficient (Wildman–Crippen LogP) is 2.80. The first kappa shape index (κ1) is 19.1. The van der Waals surface area contributed by atoms with E-state index in [4.69, 9.17) is 11.6 Å². The summed E-state index contributed by atoms with van der Waals surface area (Å²) in [7, 11) is 0. The van der Waals surface area contributed by atoms with Gasteiger partial charge in [-0.25, -0.2) is 10.1 Å². The predicted molar refractivity (Wildman–Crippen MR) is 104 cm³/mol. The maximum absolute atomic E-state index is 12.6. The molecule has 0 saturated heterocycles. The van der Waals surface area contributed by atoms with E-state index in [-0.39, 0.29) is 22.4 Å². The lowest BCUT2D eigenvalue weighted by Crippen LogP contribution is -2.21. The molecule has 2 N–H and O–H groups in total. The number of nitro groups is 1. The second-order valence-electron chi connectivity index (χ2n) is 5.74. The molecule has 0 unspecified atom stereocenters.